The lowest BCUT2D eigenvalue weighted by atomic mass is 9.52. The second-order valence-electron chi connectivity index (χ2n) is 9.26. The van der Waals surface area contributed by atoms with E-state index in [2.05, 4.69) is 36.2 Å². The van der Waals surface area contributed by atoms with Gasteiger partial charge in [-0.15, -0.1) is 0 Å². The van der Waals surface area contributed by atoms with Crippen LogP contribution in [-0.2, 0) is 6.42 Å². The topological polar surface area (TPSA) is 48.9 Å². The fourth-order valence-electron chi connectivity index (χ4n) is 7.05. The van der Waals surface area contributed by atoms with Crippen molar-refractivity contribution < 1.29 is 9.50 Å². The molecule has 6 atom stereocenters. The number of aromatic amines is 1. The lowest BCUT2D eigenvalue weighted by Crippen LogP contribution is -2.54. The first-order chi connectivity index (χ1) is 12.5. The summed E-state index contributed by atoms with van der Waals surface area (Å²) in [4.78, 5) is 0. The molecule has 2 fully saturated rings. The largest absolute Gasteiger partial charge is 0.389 e. The van der Waals surface area contributed by atoms with Gasteiger partial charge in [-0.25, -0.2) is 4.39 Å². The van der Waals surface area contributed by atoms with Gasteiger partial charge in [0.05, 0.1) is 17.3 Å². The van der Waals surface area contributed by atoms with Gasteiger partial charge in [0, 0.05) is 16.7 Å². The fourth-order valence-corrected chi connectivity index (χ4v) is 7.05. The molecular weight excluding hydrogens is 327 g/mol. The molecule has 26 heavy (non-hydrogen) atoms. The SMILES string of the molecule is CCC[C@]1(O)CCC2C3CCc4c(ccc5[nH]ncc45)C3[C@@H](F)C[C@@]21C. The number of H-pyrrole nitrogens is 1. The van der Waals surface area contributed by atoms with Gasteiger partial charge in [0.25, 0.3) is 0 Å². The molecule has 0 radical (unpaired) electrons. The highest BCUT2D eigenvalue weighted by molar-refractivity contribution is 5.83. The maximum Gasteiger partial charge on any atom is 0.108 e. The third-order valence-electron chi connectivity index (χ3n) is 8.26. The molecular formula is C22H29FN2O. The highest BCUT2D eigenvalue weighted by atomic mass is 19.1. The van der Waals surface area contributed by atoms with Crippen LogP contribution in [0.4, 0.5) is 4.39 Å². The van der Waals surface area contributed by atoms with Crippen LogP contribution in [0.25, 0.3) is 10.9 Å². The Labute approximate surface area is 154 Å². The number of halogens is 1. The summed E-state index contributed by atoms with van der Waals surface area (Å²) in [6.45, 7) is 4.30. The Hall–Kier alpha value is -1.42. The van der Waals surface area contributed by atoms with E-state index in [0.29, 0.717) is 18.3 Å². The minimum Gasteiger partial charge on any atom is -0.389 e. The van der Waals surface area contributed by atoms with Crippen molar-refractivity contribution in [3.05, 3.63) is 29.5 Å². The van der Waals surface area contributed by atoms with Gasteiger partial charge < -0.3 is 5.11 Å². The first-order valence-electron chi connectivity index (χ1n) is 10.3. The number of alkyl halides is 1. The zero-order chi connectivity index (χ0) is 18.1. The van der Waals surface area contributed by atoms with Crippen molar-refractivity contribution in [2.24, 2.45) is 17.3 Å². The highest BCUT2D eigenvalue weighted by Crippen LogP contribution is 2.65. The number of hydrogen-bond donors (Lipinski definition) is 2. The Morgan fingerprint density at radius 3 is 3.00 bits per heavy atom. The van der Waals surface area contributed by atoms with Gasteiger partial charge in [0.1, 0.15) is 6.17 Å². The molecule has 3 aliphatic carbocycles. The van der Waals surface area contributed by atoms with Crippen LogP contribution in [0.2, 0.25) is 0 Å². The van der Waals surface area contributed by atoms with Crippen LogP contribution in [-0.4, -0.2) is 27.1 Å². The Bertz CT molecular complexity index is 848. The maximum absolute atomic E-state index is 15.7. The number of benzene rings is 1. The molecule has 0 bridgehead atoms. The average Bonchev–Trinajstić information content (AvgIpc) is 3.18. The van der Waals surface area contributed by atoms with Gasteiger partial charge in [0.15, 0.2) is 0 Å². The molecule has 140 valence electrons. The summed E-state index contributed by atoms with van der Waals surface area (Å²) in [5.41, 5.74) is 2.59. The highest BCUT2D eigenvalue weighted by Gasteiger charge is 2.63. The molecule has 2 N–H and O–H groups in total. The Morgan fingerprint density at radius 2 is 2.19 bits per heavy atom. The first kappa shape index (κ1) is 16.7. The smallest absolute Gasteiger partial charge is 0.108 e. The minimum absolute atomic E-state index is 0.0138. The van der Waals surface area contributed by atoms with E-state index in [1.807, 2.05) is 6.20 Å². The molecule has 0 saturated heterocycles. The normalized spacial score (nSPS) is 41.7. The molecule has 0 amide bonds. The van der Waals surface area contributed by atoms with Gasteiger partial charge in [0.2, 0.25) is 0 Å². The Morgan fingerprint density at radius 1 is 1.35 bits per heavy atom. The van der Waals surface area contributed by atoms with E-state index in [1.165, 1.54) is 11.1 Å². The molecule has 0 spiro atoms. The van der Waals surface area contributed by atoms with Crippen LogP contribution in [0.15, 0.2) is 18.3 Å². The molecule has 2 saturated carbocycles. The van der Waals surface area contributed by atoms with E-state index in [-0.39, 0.29) is 11.3 Å². The molecule has 0 aliphatic heterocycles. The van der Waals surface area contributed by atoms with Crippen molar-refractivity contribution in [2.75, 3.05) is 0 Å². The summed E-state index contributed by atoms with van der Waals surface area (Å²) >= 11 is 0. The number of fused-ring (bicyclic) bond motifs is 7. The van der Waals surface area contributed by atoms with E-state index in [1.54, 1.807) is 0 Å². The van der Waals surface area contributed by atoms with Crippen LogP contribution in [0, 0.1) is 17.3 Å². The van der Waals surface area contributed by atoms with Crippen LogP contribution in [0.3, 0.4) is 0 Å². The summed E-state index contributed by atoms with van der Waals surface area (Å²) in [7, 11) is 0. The monoisotopic (exact) mass is 356 g/mol. The zero-order valence-corrected chi connectivity index (χ0v) is 15.8. The molecule has 5 rings (SSSR count). The van der Waals surface area contributed by atoms with Crippen LogP contribution < -0.4 is 0 Å². The lowest BCUT2D eigenvalue weighted by molar-refractivity contribution is -0.125. The molecule has 1 aromatic heterocycles. The van der Waals surface area contributed by atoms with Gasteiger partial charge in [-0.3, -0.25) is 5.10 Å². The summed E-state index contributed by atoms with van der Waals surface area (Å²) in [5.74, 6) is 0.774. The van der Waals surface area contributed by atoms with Crippen molar-refractivity contribution in [1.82, 2.24) is 10.2 Å². The molecule has 1 aromatic carbocycles. The zero-order valence-electron chi connectivity index (χ0n) is 15.8. The quantitative estimate of drug-likeness (QED) is 0.804. The van der Waals surface area contributed by atoms with Gasteiger partial charge in [-0.1, -0.05) is 26.3 Å². The van der Waals surface area contributed by atoms with Gasteiger partial charge in [-0.2, -0.15) is 5.10 Å². The van der Waals surface area contributed by atoms with Crippen molar-refractivity contribution >= 4 is 10.9 Å². The summed E-state index contributed by atoms with van der Waals surface area (Å²) in [6, 6.07) is 4.20. The number of nitrogens with zero attached hydrogens (tertiary/aromatic N) is 1. The predicted octanol–water partition coefficient (Wildman–Crippen LogP) is 4.90. The van der Waals surface area contributed by atoms with E-state index in [9.17, 15) is 5.11 Å². The van der Waals surface area contributed by atoms with Crippen molar-refractivity contribution in [3.8, 4) is 0 Å². The molecule has 3 unspecified atom stereocenters. The number of aliphatic hydroxyl groups is 1. The van der Waals surface area contributed by atoms with Crippen molar-refractivity contribution in [3.63, 3.8) is 0 Å². The third-order valence-corrected chi connectivity index (χ3v) is 8.26. The van der Waals surface area contributed by atoms with Crippen LogP contribution in [0.5, 0.6) is 0 Å². The number of aromatic nitrogens is 2. The summed E-state index contributed by atoms with van der Waals surface area (Å²) < 4.78 is 15.7. The minimum atomic E-state index is -0.869. The second kappa shape index (κ2) is 5.54. The third kappa shape index (κ3) is 2.00. The standard InChI is InChI=1S/C22H29FN2O/c1-3-9-22(26)10-8-17-15-5-4-13-14(6-7-19-16(13)12-24-25-19)20(15)18(23)11-21(17,22)2/h6-7,12,15,17-18,20,26H,3-5,8-11H2,1-2H3,(H,24,25)/t15?,17?,18-,20?,21-,22-/m0/s1. The summed E-state index contributed by atoms with van der Waals surface area (Å²) in [6.07, 6.45) is 7.20. The van der Waals surface area contributed by atoms with E-state index >= 15 is 4.39 Å². The molecule has 2 aromatic rings. The number of rotatable bonds is 2. The van der Waals surface area contributed by atoms with Gasteiger partial charge in [-0.05, 0) is 67.6 Å². The fraction of sp³-hybridized carbons (Fsp3) is 0.682. The first-order valence-corrected chi connectivity index (χ1v) is 10.3. The summed E-state index contributed by atoms with van der Waals surface area (Å²) in [5, 5.41) is 19.8. The Kier molecular flexibility index (Phi) is 3.57. The van der Waals surface area contributed by atoms with Crippen LogP contribution >= 0.6 is 0 Å². The van der Waals surface area contributed by atoms with E-state index < -0.39 is 11.8 Å². The lowest BCUT2D eigenvalue weighted by Gasteiger charge is -2.54. The molecule has 4 heteroatoms. The maximum atomic E-state index is 15.7. The molecule has 3 nitrogen and oxygen atoms in total. The Balaban J connectivity index is 1.58. The number of nitrogens with one attached hydrogen (secondary N) is 1. The number of hydrogen-bond acceptors (Lipinski definition) is 2. The van der Waals surface area contributed by atoms with Crippen LogP contribution in [0.1, 0.15) is 69.4 Å². The predicted molar refractivity (Wildman–Crippen MR) is 101 cm³/mol. The molecule has 1 heterocycles. The van der Waals surface area contributed by atoms with E-state index in [4.69, 9.17) is 0 Å². The van der Waals surface area contributed by atoms with Gasteiger partial charge >= 0.3 is 0 Å². The molecule has 3 aliphatic rings. The number of aryl methyl sites for hydroxylation is 1. The van der Waals surface area contributed by atoms with Crippen molar-refractivity contribution in [2.45, 2.75) is 76.5 Å². The average molecular weight is 356 g/mol. The second-order valence-corrected chi connectivity index (χ2v) is 9.26. The van der Waals surface area contributed by atoms with Crippen molar-refractivity contribution in [1.29, 1.82) is 0 Å². The van der Waals surface area contributed by atoms with E-state index in [0.717, 1.165) is 49.4 Å².